The maximum atomic E-state index is 13.1. The Morgan fingerprint density at radius 3 is 2.33 bits per heavy atom. The molecule has 3 aromatic heterocycles. The molecule has 4 aliphatic rings. The van der Waals surface area contributed by atoms with Crippen molar-refractivity contribution < 1.29 is 14.4 Å². The molecule has 3 amide bonds. The summed E-state index contributed by atoms with van der Waals surface area (Å²) in [7, 11) is 3.57. The van der Waals surface area contributed by atoms with Crippen molar-refractivity contribution in [2.45, 2.75) is 69.7 Å². The number of rotatable bonds is 10. The molecule has 1 saturated carbocycles. The molecule has 3 aliphatic heterocycles. The second-order valence-electron chi connectivity index (χ2n) is 15.8. The van der Waals surface area contributed by atoms with E-state index in [1.807, 2.05) is 30.5 Å². The minimum Gasteiger partial charge on any atom is -0.371 e. The van der Waals surface area contributed by atoms with Crippen LogP contribution in [0.4, 0.5) is 23.1 Å². The molecule has 0 bridgehead atoms. The third-order valence-corrected chi connectivity index (χ3v) is 12.4. The lowest BCUT2D eigenvalue weighted by Gasteiger charge is -2.38. The zero-order chi connectivity index (χ0) is 38.1. The number of hydrogen-bond acceptors (Lipinski definition) is 10. The van der Waals surface area contributed by atoms with Gasteiger partial charge in [0.05, 0.1) is 17.8 Å². The van der Waals surface area contributed by atoms with Crippen LogP contribution in [0.25, 0.3) is 11.0 Å². The molecule has 1 aromatic carbocycles. The first-order chi connectivity index (χ1) is 26.7. The number of carbonyl (C=O) groups is 3. The normalized spacial score (nSPS) is 20.3. The zero-order valence-corrected chi connectivity index (χ0v) is 32.6. The maximum Gasteiger partial charge on any atom is 0.270 e. The Morgan fingerprint density at radius 1 is 0.891 bits per heavy atom. The number of amides is 3. The third kappa shape index (κ3) is 8.14. The molecule has 0 spiro atoms. The fourth-order valence-corrected chi connectivity index (χ4v) is 9.12. The molecule has 13 nitrogen and oxygen atoms in total. The first-order valence-corrected chi connectivity index (χ1v) is 20.3. The summed E-state index contributed by atoms with van der Waals surface area (Å²) in [6.45, 7) is 7.11. The minimum atomic E-state index is -0.368. The van der Waals surface area contributed by atoms with Crippen LogP contribution in [0, 0.1) is 5.92 Å². The number of benzene rings is 1. The number of pyridine rings is 1. The molecule has 1 atom stereocenters. The molecule has 4 fully saturated rings. The van der Waals surface area contributed by atoms with E-state index in [1.165, 1.54) is 6.42 Å². The van der Waals surface area contributed by atoms with Gasteiger partial charge in [0.15, 0.2) is 0 Å². The van der Waals surface area contributed by atoms with Crippen molar-refractivity contribution in [3.8, 4) is 0 Å². The predicted octanol–water partition coefficient (Wildman–Crippen LogP) is 5.99. The number of hydrogen-bond donors (Lipinski definition) is 2. The molecule has 3 saturated heterocycles. The van der Waals surface area contributed by atoms with Crippen LogP contribution in [0.15, 0.2) is 48.8 Å². The third-order valence-electron chi connectivity index (χ3n) is 12.0. The molecule has 1 aliphatic carbocycles. The van der Waals surface area contributed by atoms with Crippen LogP contribution in [0.3, 0.4) is 0 Å². The largest absolute Gasteiger partial charge is 0.371 e. The van der Waals surface area contributed by atoms with Gasteiger partial charge >= 0.3 is 0 Å². The average molecular weight is 767 g/mol. The van der Waals surface area contributed by atoms with Gasteiger partial charge in [-0.2, -0.15) is 4.98 Å². The topological polar surface area (TPSA) is 132 Å². The molecule has 8 rings (SSSR count). The van der Waals surface area contributed by atoms with E-state index in [-0.39, 0.29) is 29.7 Å². The fraction of sp³-hybridized carbons (Fsp3) is 0.512. The van der Waals surface area contributed by atoms with Crippen LogP contribution in [-0.4, -0.2) is 107 Å². The first-order valence-electron chi connectivity index (χ1n) is 19.9. The lowest BCUT2D eigenvalue weighted by molar-refractivity contribution is -0.134. The van der Waals surface area contributed by atoms with Gasteiger partial charge in [0.25, 0.3) is 5.91 Å². The number of fused-ring (bicyclic) bond motifs is 1. The molecule has 55 heavy (non-hydrogen) atoms. The van der Waals surface area contributed by atoms with Crippen molar-refractivity contribution in [3.63, 3.8) is 0 Å². The van der Waals surface area contributed by atoms with E-state index in [9.17, 15) is 14.4 Å². The summed E-state index contributed by atoms with van der Waals surface area (Å²) in [5, 5.41) is 7.20. The Morgan fingerprint density at radius 2 is 1.64 bits per heavy atom. The molecular weight excluding hydrogens is 716 g/mol. The van der Waals surface area contributed by atoms with Crippen LogP contribution < -0.4 is 20.4 Å². The van der Waals surface area contributed by atoms with Gasteiger partial charge in [-0.3, -0.25) is 24.6 Å². The van der Waals surface area contributed by atoms with E-state index in [1.54, 1.807) is 25.2 Å². The smallest absolute Gasteiger partial charge is 0.270 e. The van der Waals surface area contributed by atoms with Gasteiger partial charge in [-0.15, -0.1) is 0 Å². The van der Waals surface area contributed by atoms with Gasteiger partial charge in [0.1, 0.15) is 17.2 Å². The Hall–Kier alpha value is -4.75. The van der Waals surface area contributed by atoms with Crippen LogP contribution in [0.2, 0.25) is 5.02 Å². The van der Waals surface area contributed by atoms with E-state index < -0.39 is 0 Å². The molecule has 1 unspecified atom stereocenters. The molecule has 4 aromatic rings. The maximum absolute atomic E-state index is 13.1. The van der Waals surface area contributed by atoms with Gasteiger partial charge < -0.3 is 24.6 Å². The highest BCUT2D eigenvalue weighted by atomic mass is 35.5. The predicted molar refractivity (Wildman–Crippen MR) is 215 cm³/mol. The van der Waals surface area contributed by atoms with Crippen LogP contribution in [-0.2, 0) is 9.59 Å². The Kier molecular flexibility index (Phi) is 10.9. The van der Waals surface area contributed by atoms with Crippen molar-refractivity contribution in [1.82, 2.24) is 34.6 Å². The molecular formula is C41H51ClN10O3. The highest BCUT2D eigenvalue weighted by Crippen LogP contribution is 2.36. The van der Waals surface area contributed by atoms with Crippen LogP contribution in [0.5, 0.6) is 0 Å². The van der Waals surface area contributed by atoms with Crippen LogP contribution >= 0.6 is 11.6 Å². The Bertz CT molecular complexity index is 2030. The van der Waals surface area contributed by atoms with Gasteiger partial charge in [-0.1, -0.05) is 30.5 Å². The van der Waals surface area contributed by atoms with E-state index in [0.29, 0.717) is 41.2 Å². The summed E-state index contributed by atoms with van der Waals surface area (Å²) < 4.78 is 2.13. The summed E-state index contributed by atoms with van der Waals surface area (Å²) in [5.41, 5.74) is 4.47. The zero-order valence-electron chi connectivity index (χ0n) is 31.8. The highest BCUT2D eigenvalue weighted by molar-refractivity contribution is 6.32. The standard InChI is InChI=1S/C41H51ClN10O3/c1-48(2)40(55)35-23-28-25-44-41(47-38(28)52(35)29-5-3-4-6-29)45-36-11-8-31(26-43-36)51-21-19-49(20-22-51)16-13-27-14-17-50(18-15-27)30-7-9-32(34(42)24-30)33-10-12-37(53)46-39(33)54/h7-9,11,23-27,29,33H,3-6,10,12-22H2,1-2H3,(H,46,53,54)(H,43,44,45,47). The van der Waals surface area contributed by atoms with E-state index in [2.05, 4.69) is 47.0 Å². The molecule has 14 heteroatoms. The molecule has 290 valence electrons. The summed E-state index contributed by atoms with van der Waals surface area (Å²) in [5.74, 6) is 1.01. The van der Waals surface area contributed by atoms with E-state index >= 15 is 0 Å². The number of piperidine rings is 2. The van der Waals surface area contributed by atoms with Gasteiger partial charge in [-0.05, 0) is 86.9 Å². The summed E-state index contributed by atoms with van der Waals surface area (Å²) in [6.07, 6.45) is 12.5. The van der Waals surface area contributed by atoms with Gasteiger partial charge in [0.2, 0.25) is 17.8 Å². The number of piperazine rings is 1. The first kappa shape index (κ1) is 37.2. The Balaban J connectivity index is 0.797. The lowest BCUT2D eigenvalue weighted by Crippen LogP contribution is -2.47. The van der Waals surface area contributed by atoms with Crippen molar-refractivity contribution in [2.75, 3.05) is 75.0 Å². The van der Waals surface area contributed by atoms with E-state index in [0.717, 1.165) is 112 Å². The second-order valence-corrected chi connectivity index (χ2v) is 16.2. The molecule has 6 heterocycles. The number of anilines is 4. The number of nitrogens with one attached hydrogen (secondary N) is 2. The monoisotopic (exact) mass is 766 g/mol. The molecule has 0 radical (unpaired) electrons. The van der Waals surface area contributed by atoms with Crippen molar-refractivity contribution in [3.05, 3.63) is 65.1 Å². The quantitative estimate of drug-likeness (QED) is 0.186. The van der Waals surface area contributed by atoms with E-state index in [4.69, 9.17) is 21.6 Å². The number of aromatic nitrogens is 4. The van der Waals surface area contributed by atoms with Gasteiger partial charge in [0, 0.05) is 88.1 Å². The van der Waals surface area contributed by atoms with Crippen molar-refractivity contribution in [1.29, 1.82) is 0 Å². The number of halogens is 1. The minimum absolute atomic E-state index is 0.0181. The lowest BCUT2D eigenvalue weighted by atomic mass is 9.90. The number of nitrogens with zero attached hydrogens (tertiary/aromatic N) is 8. The van der Waals surface area contributed by atoms with Crippen molar-refractivity contribution >= 4 is 63.5 Å². The summed E-state index contributed by atoms with van der Waals surface area (Å²) >= 11 is 6.67. The Labute approximate surface area is 327 Å². The number of imide groups is 1. The van der Waals surface area contributed by atoms with Gasteiger partial charge in [-0.25, -0.2) is 9.97 Å². The van der Waals surface area contributed by atoms with Crippen molar-refractivity contribution in [2.24, 2.45) is 5.92 Å². The molecule has 2 N–H and O–H groups in total. The average Bonchev–Trinajstić information content (AvgIpc) is 3.86. The second kappa shape index (κ2) is 16.2. The SMILES string of the molecule is CN(C)C(=O)c1cc2cnc(Nc3ccc(N4CCN(CCC5CCN(c6ccc(C7CCC(=O)NC7=O)c(Cl)c6)CC5)CC4)cn3)nc2n1C1CCCC1. The fourth-order valence-electron chi connectivity index (χ4n) is 8.82. The summed E-state index contributed by atoms with van der Waals surface area (Å²) in [4.78, 5) is 60.2. The summed E-state index contributed by atoms with van der Waals surface area (Å²) in [6, 6.07) is 12.3. The van der Waals surface area contributed by atoms with Crippen LogP contribution in [0.1, 0.15) is 85.8 Å². The highest BCUT2D eigenvalue weighted by Gasteiger charge is 2.31. The number of carbonyl (C=O) groups excluding carboxylic acids is 3.